The number of hydrogen-bond acceptors (Lipinski definition) is 9. The molecule has 3 aromatic rings. The summed E-state index contributed by atoms with van der Waals surface area (Å²) < 4.78 is 23.3. The number of aliphatic hydroxyl groups is 1. The Hall–Kier alpha value is -3.97. The molecule has 0 spiro atoms. The molecule has 14 heteroatoms. The summed E-state index contributed by atoms with van der Waals surface area (Å²) in [5, 5.41) is 21.0. The van der Waals surface area contributed by atoms with Gasteiger partial charge in [0.1, 0.15) is 19.0 Å². The highest BCUT2D eigenvalue weighted by Crippen LogP contribution is 2.35. The zero-order valence-electron chi connectivity index (χ0n) is 24.5. The maximum Gasteiger partial charge on any atom is 0.337 e. The van der Waals surface area contributed by atoms with Crippen molar-refractivity contribution in [3.8, 4) is 17.2 Å². The van der Waals surface area contributed by atoms with Gasteiger partial charge in [-0.05, 0) is 61.9 Å². The third-order valence-corrected chi connectivity index (χ3v) is 7.55. The molecule has 0 bridgehead atoms. The minimum atomic E-state index is -1.18. The van der Waals surface area contributed by atoms with Crippen LogP contribution in [0.3, 0.4) is 0 Å². The molecule has 0 aromatic heterocycles. The van der Waals surface area contributed by atoms with Gasteiger partial charge in [0.25, 0.3) is 0 Å². The lowest BCUT2D eigenvalue weighted by molar-refractivity contribution is -0.136. The molecule has 45 heavy (non-hydrogen) atoms. The van der Waals surface area contributed by atoms with Crippen LogP contribution in [0.1, 0.15) is 36.6 Å². The molecule has 4 rings (SSSR count). The van der Waals surface area contributed by atoms with Crippen LogP contribution >= 0.6 is 39.1 Å². The van der Waals surface area contributed by atoms with E-state index in [-0.39, 0.29) is 18.8 Å². The average Bonchev–Trinajstić information content (AvgIpc) is 3.00. The molecular formula is C31H31BrCl2N4O7. The van der Waals surface area contributed by atoms with Crippen molar-refractivity contribution in [1.29, 1.82) is 0 Å². The second-order valence-corrected chi connectivity index (χ2v) is 11.4. The number of benzene rings is 3. The molecule has 238 valence electrons. The first kappa shape index (κ1) is 33.9. The van der Waals surface area contributed by atoms with Crippen molar-refractivity contribution in [2.75, 3.05) is 20.3 Å². The normalized spacial score (nSPS) is 15.3. The largest absolute Gasteiger partial charge is 0.490 e. The van der Waals surface area contributed by atoms with Crippen LogP contribution in [0, 0.1) is 0 Å². The van der Waals surface area contributed by atoms with Crippen LogP contribution in [0.5, 0.6) is 17.2 Å². The van der Waals surface area contributed by atoms with Crippen LogP contribution in [-0.4, -0.2) is 49.9 Å². The number of hydrogen-bond donors (Lipinski definition) is 4. The summed E-state index contributed by atoms with van der Waals surface area (Å²) in [6.45, 7) is 3.79. The van der Waals surface area contributed by atoms with Gasteiger partial charge in [-0.1, -0.05) is 51.3 Å². The fourth-order valence-corrected chi connectivity index (χ4v) is 5.20. The molecule has 1 heterocycles. The van der Waals surface area contributed by atoms with Gasteiger partial charge in [0.15, 0.2) is 17.7 Å². The molecule has 11 nitrogen and oxygen atoms in total. The monoisotopic (exact) mass is 720 g/mol. The molecule has 0 fully saturated rings. The van der Waals surface area contributed by atoms with E-state index < -0.39 is 24.3 Å². The number of hydrazone groups is 1. The van der Waals surface area contributed by atoms with E-state index in [0.717, 1.165) is 10.0 Å². The summed E-state index contributed by atoms with van der Waals surface area (Å²) >= 11 is 15.7. The smallest absolute Gasteiger partial charge is 0.337 e. The fraction of sp³-hybridized carbons (Fsp3) is 0.258. The molecule has 0 radical (unpaired) electrons. The molecule has 0 saturated carbocycles. The standard InChI is InChI=1S/C31H31BrCl2N4O7/c1-4-43-26-12-18(29-28(30(40)42-3)17(2)36-31(41)37-29)6-9-25(26)45-16-27(39)38-35-14-20-11-21(32)7-10-24(20)44-15-19-5-8-22(33)13-23(19)34/h5-14,27,29,38-39H,4,15-16H2,1-3H3,(H2,36,37,41)/b35-14-/t27-,29-/m1/s1. The van der Waals surface area contributed by atoms with E-state index in [9.17, 15) is 14.7 Å². The molecule has 3 aromatic carbocycles. The van der Waals surface area contributed by atoms with Crippen molar-refractivity contribution in [3.63, 3.8) is 0 Å². The molecule has 0 aliphatic carbocycles. The van der Waals surface area contributed by atoms with Crippen LogP contribution < -0.4 is 30.3 Å². The predicted octanol–water partition coefficient (Wildman–Crippen LogP) is 5.86. The first-order chi connectivity index (χ1) is 21.6. The summed E-state index contributed by atoms with van der Waals surface area (Å²) in [5.41, 5.74) is 5.27. The van der Waals surface area contributed by atoms with E-state index in [0.29, 0.717) is 50.7 Å². The quantitative estimate of drug-likeness (QED) is 0.0746. The van der Waals surface area contributed by atoms with Gasteiger partial charge in [-0.15, -0.1) is 0 Å². The zero-order valence-corrected chi connectivity index (χ0v) is 27.6. The minimum absolute atomic E-state index is 0.176. The SMILES string of the molecule is CCOc1cc([C@H]2NC(=O)NC(C)=C2C(=O)OC)ccc1OC[C@@H](O)N/N=C\c1cc(Br)ccc1OCc1ccc(Cl)cc1Cl. The van der Waals surface area contributed by atoms with Crippen LogP contribution in [-0.2, 0) is 16.1 Å². The summed E-state index contributed by atoms with van der Waals surface area (Å²) in [6, 6.07) is 14.4. The number of methoxy groups -OCH3 is 1. The van der Waals surface area contributed by atoms with Crippen molar-refractivity contribution in [3.05, 3.63) is 97.1 Å². The Morgan fingerprint density at radius 1 is 1.09 bits per heavy atom. The molecule has 1 aliphatic heterocycles. The Morgan fingerprint density at radius 3 is 2.60 bits per heavy atom. The number of rotatable bonds is 13. The summed E-state index contributed by atoms with van der Waals surface area (Å²) in [4.78, 5) is 24.6. The molecule has 1 aliphatic rings. The van der Waals surface area contributed by atoms with E-state index >= 15 is 0 Å². The fourth-order valence-electron chi connectivity index (χ4n) is 4.36. The number of urea groups is 1. The van der Waals surface area contributed by atoms with Crippen molar-refractivity contribution >= 4 is 57.3 Å². The van der Waals surface area contributed by atoms with Gasteiger partial charge in [0, 0.05) is 31.3 Å². The Balaban J connectivity index is 1.41. The molecule has 0 unspecified atom stereocenters. The molecular weight excluding hydrogens is 691 g/mol. The lowest BCUT2D eigenvalue weighted by atomic mass is 9.95. The molecule has 0 saturated heterocycles. The Labute approximate surface area is 278 Å². The maximum atomic E-state index is 12.5. The highest BCUT2D eigenvalue weighted by atomic mass is 79.9. The number of aliphatic hydroxyl groups excluding tert-OH is 1. The maximum absolute atomic E-state index is 12.5. The molecule has 2 amide bonds. The van der Waals surface area contributed by atoms with Crippen molar-refractivity contribution < 1.29 is 33.6 Å². The number of carbonyl (C=O) groups is 2. The topological polar surface area (TPSA) is 140 Å². The van der Waals surface area contributed by atoms with Crippen molar-refractivity contribution in [1.82, 2.24) is 16.1 Å². The summed E-state index contributed by atoms with van der Waals surface area (Å²) in [6.07, 6.45) is 0.328. The first-order valence-electron chi connectivity index (χ1n) is 13.7. The second-order valence-electron chi connectivity index (χ2n) is 9.62. The van der Waals surface area contributed by atoms with E-state index in [1.807, 2.05) is 19.1 Å². The number of nitrogens with zero attached hydrogens (tertiary/aromatic N) is 1. The highest BCUT2D eigenvalue weighted by Gasteiger charge is 2.32. The van der Waals surface area contributed by atoms with Gasteiger partial charge < -0.3 is 34.7 Å². The first-order valence-corrected chi connectivity index (χ1v) is 15.2. The second kappa shape index (κ2) is 15.8. The van der Waals surface area contributed by atoms with Gasteiger partial charge in [-0.25, -0.2) is 9.59 Å². The van der Waals surface area contributed by atoms with Crippen LogP contribution in [0.25, 0.3) is 0 Å². The number of amides is 2. The Morgan fingerprint density at radius 2 is 1.87 bits per heavy atom. The van der Waals surface area contributed by atoms with Gasteiger partial charge >= 0.3 is 12.0 Å². The number of allylic oxidation sites excluding steroid dienone is 1. The number of ether oxygens (including phenoxy) is 4. The Kier molecular flexibility index (Phi) is 11.9. The number of carbonyl (C=O) groups excluding carboxylic acids is 2. The number of nitrogens with one attached hydrogen (secondary N) is 3. The third kappa shape index (κ3) is 9.04. The van der Waals surface area contributed by atoms with Gasteiger partial charge in [0.05, 0.1) is 31.5 Å². The lowest BCUT2D eigenvalue weighted by Gasteiger charge is -2.28. The van der Waals surface area contributed by atoms with E-state index in [2.05, 4.69) is 37.1 Å². The number of esters is 1. The van der Waals surface area contributed by atoms with Crippen LogP contribution in [0.15, 0.2) is 75.4 Å². The van der Waals surface area contributed by atoms with Gasteiger partial charge in [0.2, 0.25) is 0 Å². The Bertz CT molecular complexity index is 1620. The van der Waals surface area contributed by atoms with Crippen LogP contribution in [0.2, 0.25) is 10.0 Å². The van der Waals surface area contributed by atoms with Crippen LogP contribution in [0.4, 0.5) is 4.79 Å². The predicted molar refractivity (Wildman–Crippen MR) is 174 cm³/mol. The summed E-state index contributed by atoms with van der Waals surface area (Å²) in [7, 11) is 1.27. The van der Waals surface area contributed by atoms with E-state index in [1.165, 1.54) is 13.3 Å². The van der Waals surface area contributed by atoms with E-state index in [1.54, 1.807) is 49.4 Å². The minimum Gasteiger partial charge on any atom is -0.490 e. The average molecular weight is 722 g/mol. The number of halogens is 3. The lowest BCUT2D eigenvalue weighted by Crippen LogP contribution is -2.45. The summed E-state index contributed by atoms with van der Waals surface area (Å²) in [5.74, 6) is 0.671. The third-order valence-electron chi connectivity index (χ3n) is 6.47. The van der Waals surface area contributed by atoms with Crippen molar-refractivity contribution in [2.45, 2.75) is 32.7 Å². The van der Waals surface area contributed by atoms with Gasteiger partial charge in [-0.2, -0.15) is 5.10 Å². The van der Waals surface area contributed by atoms with E-state index in [4.69, 9.17) is 42.1 Å². The zero-order chi connectivity index (χ0) is 32.5. The highest BCUT2D eigenvalue weighted by molar-refractivity contribution is 9.10. The molecule has 4 N–H and O–H groups in total. The molecule has 2 atom stereocenters. The van der Waals surface area contributed by atoms with Gasteiger partial charge in [-0.3, -0.25) is 5.43 Å². The van der Waals surface area contributed by atoms with Crippen molar-refractivity contribution in [2.24, 2.45) is 5.10 Å².